The maximum absolute atomic E-state index is 12.2. The lowest BCUT2D eigenvalue weighted by atomic mass is 9.95. The third-order valence-corrected chi connectivity index (χ3v) is 3.75. The minimum atomic E-state index is 0.0957. The minimum absolute atomic E-state index is 0.0957. The van der Waals surface area contributed by atoms with Crippen LogP contribution in [-0.2, 0) is 4.79 Å². The van der Waals surface area contributed by atoms with Gasteiger partial charge in [0.25, 0.3) is 0 Å². The van der Waals surface area contributed by atoms with Crippen molar-refractivity contribution in [2.75, 3.05) is 20.1 Å². The van der Waals surface area contributed by atoms with Gasteiger partial charge in [-0.05, 0) is 45.5 Å². The van der Waals surface area contributed by atoms with Crippen LogP contribution < -0.4 is 5.32 Å². The first-order valence-electron chi connectivity index (χ1n) is 6.70. The van der Waals surface area contributed by atoms with Gasteiger partial charge in [-0.2, -0.15) is 0 Å². The molecule has 1 saturated heterocycles. The molecule has 1 atom stereocenters. The number of carbonyl (C=O) groups is 1. The maximum Gasteiger partial charge on any atom is 0.223 e. The standard InChI is InChI=1S/C15H22N2O/c1-12(13-6-4-3-5-7-13)16-15(18)14-8-10-17(2)11-9-14/h3-7,12,14H,8-11H2,1-2H3,(H,16,18). The molecule has 0 spiro atoms. The van der Waals surface area contributed by atoms with Crippen LogP contribution >= 0.6 is 0 Å². The fourth-order valence-electron chi connectivity index (χ4n) is 2.43. The number of carbonyl (C=O) groups excluding carboxylic acids is 1. The van der Waals surface area contributed by atoms with Crippen molar-refractivity contribution in [1.29, 1.82) is 0 Å². The summed E-state index contributed by atoms with van der Waals surface area (Å²) in [4.78, 5) is 14.4. The second-order valence-electron chi connectivity index (χ2n) is 5.22. The van der Waals surface area contributed by atoms with Gasteiger partial charge in [-0.1, -0.05) is 30.3 Å². The summed E-state index contributed by atoms with van der Waals surface area (Å²) in [7, 11) is 2.11. The summed E-state index contributed by atoms with van der Waals surface area (Å²) in [5.74, 6) is 0.395. The van der Waals surface area contributed by atoms with Crippen molar-refractivity contribution in [1.82, 2.24) is 10.2 Å². The second kappa shape index (κ2) is 6.01. The molecule has 1 unspecified atom stereocenters. The molecule has 1 aliphatic heterocycles. The second-order valence-corrected chi connectivity index (χ2v) is 5.22. The van der Waals surface area contributed by atoms with Crippen molar-refractivity contribution in [2.45, 2.75) is 25.8 Å². The summed E-state index contributed by atoms with van der Waals surface area (Å²) < 4.78 is 0. The van der Waals surface area contributed by atoms with Crippen molar-refractivity contribution in [3.05, 3.63) is 35.9 Å². The molecule has 3 nitrogen and oxygen atoms in total. The Morgan fingerprint density at radius 2 is 1.89 bits per heavy atom. The van der Waals surface area contributed by atoms with Crippen molar-refractivity contribution in [3.63, 3.8) is 0 Å². The first kappa shape index (κ1) is 13.1. The Balaban J connectivity index is 1.87. The molecule has 1 fully saturated rings. The van der Waals surface area contributed by atoms with Crippen LogP contribution in [0.15, 0.2) is 30.3 Å². The molecule has 0 saturated carbocycles. The lowest BCUT2D eigenvalue weighted by Crippen LogP contribution is -2.39. The fourth-order valence-corrected chi connectivity index (χ4v) is 2.43. The molecule has 98 valence electrons. The lowest BCUT2D eigenvalue weighted by molar-refractivity contribution is -0.127. The zero-order valence-electron chi connectivity index (χ0n) is 11.2. The number of nitrogens with zero attached hydrogens (tertiary/aromatic N) is 1. The molecule has 0 bridgehead atoms. The van der Waals surface area contributed by atoms with E-state index < -0.39 is 0 Å². The zero-order valence-corrected chi connectivity index (χ0v) is 11.2. The molecule has 1 N–H and O–H groups in total. The van der Waals surface area contributed by atoms with Gasteiger partial charge in [0.15, 0.2) is 0 Å². The predicted octanol–water partition coefficient (Wildman–Crippen LogP) is 2.21. The van der Waals surface area contributed by atoms with E-state index in [4.69, 9.17) is 0 Å². The largest absolute Gasteiger partial charge is 0.349 e. The van der Waals surface area contributed by atoms with E-state index in [0.29, 0.717) is 0 Å². The molecule has 0 radical (unpaired) electrons. The average Bonchev–Trinajstić information content (AvgIpc) is 2.40. The number of piperidine rings is 1. The lowest BCUT2D eigenvalue weighted by Gasteiger charge is -2.29. The quantitative estimate of drug-likeness (QED) is 0.887. The molecule has 1 heterocycles. The van der Waals surface area contributed by atoms with Crippen molar-refractivity contribution >= 4 is 5.91 Å². The van der Waals surface area contributed by atoms with Crippen LogP contribution in [-0.4, -0.2) is 30.9 Å². The van der Waals surface area contributed by atoms with Gasteiger partial charge in [-0.25, -0.2) is 0 Å². The third kappa shape index (κ3) is 3.33. The Labute approximate surface area is 109 Å². The van der Waals surface area contributed by atoms with Crippen LogP contribution in [0, 0.1) is 5.92 Å². The van der Waals surface area contributed by atoms with Gasteiger partial charge >= 0.3 is 0 Å². The number of benzene rings is 1. The first-order valence-corrected chi connectivity index (χ1v) is 6.70. The fraction of sp³-hybridized carbons (Fsp3) is 0.533. The SMILES string of the molecule is CC(NC(=O)C1CCN(C)CC1)c1ccccc1. The number of hydrogen-bond donors (Lipinski definition) is 1. The van der Waals surface area contributed by atoms with Gasteiger partial charge in [0.05, 0.1) is 6.04 Å². The smallest absolute Gasteiger partial charge is 0.223 e. The number of amides is 1. The molecule has 1 amide bonds. The Bertz CT molecular complexity index is 383. The molecule has 3 heteroatoms. The topological polar surface area (TPSA) is 32.3 Å². The number of rotatable bonds is 3. The summed E-state index contributed by atoms with van der Waals surface area (Å²) in [5.41, 5.74) is 1.17. The molecule has 1 aliphatic rings. The summed E-state index contributed by atoms with van der Waals surface area (Å²) >= 11 is 0. The maximum atomic E-state index is 12.2. The van der Waals surface area contributed by atoms with E-state index >= 15 is 0 Å². The zero-order chi connectivity index (χ0) is 13.0. The Kier molecular flexibility index (Phi) is 4.37. The van der Waals surface area contributed by atoms with Crippen molar-refractivity contribution in [2.24, 2.45) is 5.92 Å². The Morgan fingerprint density at radius 1 is 1.28 bits per heavy atom. The van der Waals surface area contributed by atoms with Crippen LogP contribution in [0.4, 0.5) is 0 Å². The van der Waals surface area contributed by atoms with E-state index in [1.54, 1.807) is 0 Å². The molecule has 0 aliphatic carbocycles. The highest BCUT2D eigenvalue weighted by Gasteiger charge is 2.24. The highest BCUT2D eigenvalue weighted by atomic mass is 16.1. The van der Waals surface area contributed by atoms with Crippen LogP contribution in [0.5, 0.6) is 0 Å². The van der Waals surface area contributed by atoms with Crippen LogP contribution in [0.25, 0.3) is 0 Å². The third-order valence-electron chi connectivity index (χ3n) is 3.75. The normalized spacial score (nSPS) is 19.4. The molecule has 0 aromatic heterocycles. The van der Waals surface area contributed by atoms with E-state index in [0.717, 1.165) is 25.9 Å². The van der Waals surface area contributed by atoms with Crippen LogP contribution in [0.1, 0.15) is 31.4 Å². The highest BCUT2D eigenvalue weighted by molar-refractivity contribution is 5.79. The molecular weight excluding hydrogens is 224 g/mol. The van der Waals surface area contributed by atoms with E-state index in [9.17, 15) is 4.79 Å². The summed E-state index contributed by atoms with van der Waals surface area (Å²) in [6, 6.07) is 10.2. The summed E-state index contributed by atoms with van der Waals surface area (Å²) in [5, 5.41) is 3.12. The van der Waals surface area contributed by atoms with Crippen LogP contribution in [0.2, 0.25) is 0 Å². The minimum Gasteiger partial charge on any atom is -0.349 e. The van der Waals surface area contributed by atoms with Crippen LogP contribution in [0.3, 0.4) is 0 Å². The molecule has 2 rings (SSSR count). The van der Waals surface area contributed by atoms with E-state index in [-0.39, 0.29) is 17.9 Å². The Hall–Kier alpha value is -1.35. The van der Waals surface area contributed by atoms with E-state index in [1.807, 2.05) is 25.1 Å². The van der Waals surface area contributed by atoms with Gasteiger partial charge in [-0.15, -0.1) is 0 Å². The highest BCUT2D eigenvalue weighted by Crippen LogP contribution is 2.18. The molecular formula is C15H22N2O. The van der Waals surface area contributed by atoms with Gasteiger partial charge in [0, 0.05) is 5.92 Å². The molecule has 18 heavy (non-hydrogen) atoms. The monoisotopic (exact) mass is 246 g/mol. The Morgan fingerprint density at radius 3 is 2.50 bits per heavy atom. The van der Waals surface area contributed by atoms with Gasteiger partial charge in [0.2, 0.25) is 5.91 Å². The van der Waals surface area contributed by atoms with Crippen molar-refractivity contribution < 1.29 is 4.79 Å². The van der Waals surface area contributed by atoms with Gasteiger partial charge in [-0.3, -0.25) is 4.79 Å². The average molecular weight is 246 g/mol. The summed E-state index contributed by atoms with van der Waals surface area (Å²) in [6.07, 6.45) is 1.95. The predicted molar refractivity (Wildman–Crippen MR) is 73.2 cm³/mol. The van der Waals surface area contributed by atoms with Crippen molar-refractivity contribution in [3.8, 4) is 0 Å². The number of hydrogen-bond acceptors (Lipinski definition) is 2. The van der Waals surface area contributed by atoms with Gasteiger partial charge < -0.3 is 10.2 Å². The number of nitrogens with one attached hydrogen (secondary N) is 1. The molecule has 1 aromatic rings. The summed E-state index contributed by atoms with van der Waals surface area (Å²) in [6.45, 7) is 4.10. The van der Waals surface area contributed by atoms with E-state index in [2.05, 4.69) is 29.4 Å². The van der Waals surface area contributed by atoms with Gasteiger partial charge in [0.1, 0.15) is 0 Å². The van der Waals surface area contributed by atoms with E-state index in [1.165, 1.54) is 5.56 Å². The number of likely N-dealkylation sites (tertiary alicyclic amines) is 1. The molecule has 1 aromatic carbocycles. The first-order chi connectivity index (χ1) is 8.66.